The Labute approximate surface area is 386 Å². The second kappa shape index (κ2) is 35.9. The van der Waals surface area contributed by atoms with Crippen LogP contribution in [0.2, 0.25) is 0 Å². The summed E-state index contributed by atoms with van der Waals surface area (Å²) in [5.74, 6) is -1.30. The molecule has 384 valence electrons. The van der Waals surface area contributed by atoms with Gasteiger partial charge in [-0.3, -0.25) is 27.7 Å². The van der Waals surface area contributed by atoms with Gasteiger partial charge >= 0.3 is 35.4 Å². The summed E-state index contributed by atoms with van der Waals surface area (Å²) in [5.41, 5.74) is 0. The predicted octanol–water partition coefficient (Wildman–Crippen LogP) is 8.51. The number of ether oxygens (including phenoxy) is 2. The smallest absolute Gasteiger partial charge is 0.462 e. The van der Waals surface area contributed by atoms with E-state index in [1.807, 2.05) is 0 Å². The maximum absolute atomic E-state index is 13.1. The highest BCUT2D eigenvalue weighted by atomic mass is 31.2. The highest BCUT2D eigenvalue weighted by Gasteiger charge is 2.56. The van der Waals surface area contributed by atoms with Crippen molar-refractivity contribution in [3.05, 3.63) is 12.2 Å². The van der Waals surface area contributed by atoms with Crippen molar-refractivity contribution in [2.45, 2.75) is 236 Å². The normalized spacial score (nSPS) is 21.9. The molecule has 0 saturated heterocycles. The molecule has 19 nitrogen and oxygen atoms in total. The van der Waals surface area contributed by atoms with Crippen LogP contribution in [0.25, 0.3) is 0 Å². The van der Waals surface area contributed by atoms with E-state index >= 15 is 0 Å². The number of hydrogen-bond donors (Lipinski definition) is 8. The van der Waals surface area contributed by atoms with Crippen molar-refractivity contribution in [2.24, 2.45) is 0 Å². The summed E-state index contributed by atoms with van der Waals surface area (Å²) in [4.78, 5) is 73.1. The molecular weight excluding hydrogens is 913 g/mol. The number of phosphoric acid groups is 3. The number of esters is 2. The highest BCUT2D eigenvalue weighted by molar-refractivity contribution is 7.47. The third-order valence-corrected chi connectivity index (χ3v) is 13.1. The zero-order chi connectivity index (χ0) is 48.6. The molecule has 1 aliphatic carbocycles. The fourth-order valence-corrected chi connectivity index (χ4v) is 9.56. The molecule has 8 atom stereocenters. The first-order valence-corrected chi connectivity index (χ1v) is 28.5. The van der Waals surface area contributed by atoms with E-state index in [2.05, 4.69) is 35.0 Å². The Morgan fingerprint density at radius 3 is 1.28 bits per heavy atom. The largest absolute Gasteiger partial charge is 0.472 e. The lowest BCUT2D eigenvalue weighted by Gasteiger charge is -2.44. The number of allylic oxidation sites excluding steroid dienone is 2. The number of unbranched alkanes of at least 4 members (excludes halogenated alkanes) is 23. The van der Waals surface area contributed by atoms with E-state index < -0.39 is 91.3 Å². The minimum absolute atomic E-state index is 0.00793. The van der Waals surface area contributed by atoms with Gasteiger partial charge in [0.2, 0.25) is 0 Å². The summed E-state index contributed by atoms with van der Waals surface area (Å²) in [6.07, 6.45) is 16.6. The molecule has 0 heterocycles. The Kier molecular flexibility index (Phi) is 34.2. The Bertz CT molecular complexity index is 1420. The first-order valence-electron chi connectivity index (χ1n) is 24.0. The summed E-state index contributed by atoms with van der Waals surface area (Å²) >= 11 is 0. The second-order valence-corrected chi connectivity index (χ2v) is 20.8. The Morgan fingerprint density at radius 1 is 0.477 bits per heavy atom. The molecule has 0 aromatic heterocycles. The van der Waals surface area contributed by atoms with Gasteiger partial charge in [0.25, 0.3) is 0 Å². The molecule has 0 aromatic carbocycles. The van der Waals surface area contributed by atoms with E-state index in [0.29, 0.717) is 12.8 Å². The van der Waals surface area contributed by atoms with E-state index in [0.717, 1.165) is 64.2 Å². The van der Waals surface area contributed by atoms with E-state index in [9.17, 15) is 63.1 Å². The van der Waals surface area contributed by atoms with Crippen LogP contribution >= 0.6 is 23.5 Å². The fourth-order valence-electron chi connectivity index (χ4n) is 7.46. The van der Waals surface area contributed by atoms with Gasteiger partial charge in [0.1, 0.15) is 43.2 Å². The van der Waals surface area contributed by atoms with Gasteiger partial charge in [-0.05, 0) is 38.5 Å². The topological polar surface area (TPSA) is 303 Å². The zero-order valence-electron chi connectivity index (χ0n) is 38.8. The maximum atomic E-state index is 13.1. The van der Waals surface area contributed by atoms with Crippen molar-refractivity contribution < 1.29 is 90.6 Å². The van der Waals surface area contributed by atoms with Gasteiger partial charge in [-0.15, -0.1) is 0 Å². The Hall–Kier alpha value is -1.11. The van der Waals surface area contributed by atoms with Gasteiger partial charge in [-0.1, -0.05) is 154 Å². The molecule has 65 heavy (non-hydrogen) atoms. The van der Waals surface area contributed by atoms with Crippen LogP contribution in [0.15, 0.2) is 12.2 Å². The number of aliphatic hydroxyl groups excluding tert-OH is 3. The highest BCUT2D eigenvalue weighted by Crippen LogP contribution is 2.51. The van der Waals surface area contributed by atoms with Gasteiger partial charge in [-0.2, -0.15) is 0 Å². The average Bonchev–Trinajstić information content (AvgIpc) is 3.23. The van der Waals surface area contributed by atoms with Gasteiger partial charge < -0.3 is 49.3 Å². The standard InChI is InChI=1S/C43H83O19P3/c1-3-5-7-9-11-13-15-17-18-20-22-24-26-28-30-32-37(45)59-35(33-57-36(44)31-29-27-25-23-21-19-16-14-12-10-8-6-4-2)34-58-65(55,56)62-41-38(46)39(47)42(60-63(49,50)51)43(40(41)48)61-64(52,53)54/h17-18,35,38-43,46-48H,3-16,19-34H2,1-2H3,(H,55,56)(H2,49,50,51)(H2,52,53,54). The first kappa shape index (κ1) is 61.9. The molecule has 0 radical (unpaired) electrons. The van der Waals surface area contributed by atoms with Crippen LogP contribution in [0, 0.1) is 0 Å². The molecule has 0 amide bonds. The van der Waals surface area contributed by atoms with Crippen molar-refractivity contribution in [1.29, 1.82) is 0 Å². The molecule has 22 heteroatoms. The van der Waals surface area contributed by atoms with Gasteiger partial charge in [0, 0.05) is 12.8 Å². The molecule has 1 aliphatic rings. The summed E-state index contributed by atoms with van der Waals surface area (Å²) in [6, 6.07) is 0. The quantitative estimate of drug-likeness (QED) is 0.0123. The Morgan fingerprint density at radius 2 is 0.846 bits per heavy atom. The van der Waals surface area contributed by atoms with Crippen LogP contribution in [0.1, 0.15) is 194 Å². The van der Waals surface area contributed by atoms with E-state index in [4.69, 9.17) is 18.5 Å². The van der Waals surface area contributed by atoms with Crippen LogP contribution in [0.3, 0.4) is 0 Å². The third-order valence-electron chi connectivity index (χ3n) is 11.1. The minimum atomic E-state index is -5.60. The average molecular weight is 997 g/mol. The molecule has 1 fully saturated rings. The van der Waals surface area contributed by atoms with Crippen molar-refractivity contribution in [1.82, 2.24) is 0 Å². The SMILES string of the molecule is CCCCCCCCC=CCCCCCCCC(=O)OC(COC(=O)CCCCCCCCCCCCCCC)COP(=O)(O)OC1C(O)C(O)C(OP(=O)(O)O)C(OP(=O)(O)O)C1O. The summed E-state index contributed by atoms with van der Waals surface area (Å²) in [7, 11) is -16.6. The number of hydrogen-bond acceptors (Lipinski definition) is 14. The molecule has 0 bridgehead atoms. The number of phosphoric ester groups is 3. The van der Waals surface area contributed by atoms with Crippen LogP contribution < -0.4 is 0 Å². The van der Waals surface area contributed by atoms with Crippen molar-refractivity contribution in [3.8, 4) is 0 Å². The van der Waals surface area contributed by atoms with Gasteiger partial charge in [-0.25, -0.2) is 13.7 Å². The van der Waals surface area contributed by atoms with E-state index in [1.54, 1.807) is 0 Å². The summed E-state index contributed by atoms with van der Waals surface area (Å²) in [6.45, 7) is 2.94. The van der Waals surface area contributed by atoms with Crippen LogP contribution in [-0.2, 0) is 50.9 Å². The van der Waals surface area contributed by atoms with Crippen LogP contribution in [-0.4, -0.2) is 108 Å². The fraction of sp³-hybridized carbons (Fsp3) is 0.907. The molecule has 0 spiro atoms. The monoisotopic (exact) mass is 996 g/mol. The van der Waals surface area contributed by atoms with Crippen molar-refractivity contribution in [3.63, 3.8) is 0 Å². The molecular formula is C43H83O19P3. The molecule has 0 aromatic rings. The van der Waals surface area contributed by atoms with Gasteiger partial charge in [0.05, 0.1) is 6.61 Å². The van der Waals surface area contributed by atoms with Crippen LogP contribution in [0.4, 0.5) is 0 Å². The third kappa shape index (κ3) is 32.4. The summed E-state index contributed by atoms with van der Waals surface area (Å²) in [5, 5.41) is 31.9. The van der Waals surface area contributed by atoms with Gasteiger partial charge in [0.15, 0.2) is 6.10 Å². The number of carbonyl (C=O) groups excluding carboxylic acids is 2. The van der Waals surface area contributed by atoms with Crippen LogP contribution in [0.5, 0.6) is 0 Å². The lowest BCUT2D eigenvalue weighted by Crippen LogP contribution is -2.65. The minimum Gasteiger partial charge on any atom is -0.462 e. The second-order valence-electron chi connectivity index (χ2n) is 17.0. The zero-order valence-corrected chi connectivity index (χ0v) is 41.5. The van der Waals surface area contributed by atoms with Crippen molar-refractivity contribution in [2.75, 3.05) is 13.2 Å². The molecule has 8 N–H and O–H groups in total. The van der Waals surface area contributed by atoms with E-state index in [1.165, 1.54) is 89.9 Å². The lowest BCUT2D eigenvalue weighted by molar-refractivity contribution is -0.213. The number of rotatable bonds is 41. The maximum Gasteiger partial charge on any atom is 0.472 e. The molecule has 1 rings (SSSR count). The molecule has 0 aliphatic heterocycles. The molecule has 8 unspecified atom stereocenters. The lowest BCUT2D eigenvalue weighted by atomic mass is 9.85. The predicted molar refractivity (Wildman–Crippen MR) is 243 cm³/mol. The Balaban J connectivity index is 2.74. The molecule has 1 saturated carbocycles. The van der Waals surface area contributed by atoms with Crippen molar-refractivity contribution >= 4 is 35.4 Å². The first-order chi connectivity index (χ1) is 30.8. The van der Waals surface area contributed by atoms with E-state index in [-0.39, 0.29) is 12.8 Å². The number of carbonyl (C=O) groups is 2. The summed E-state index contributed by atoms with van der Waals surface area (Å²) < 4.78 is 65.4. The number of aliphatic hydroxyl groups is 3.